The lowest BCUT2D eigenvalue weighted by Gasteiger charge is -2.13. The summed E-state index contributed by atoms with van der Waals surface area (Å²) in [5.74, 6) is 0.344. The number of H-pyrrole nitrogens is 2. The van der Waals surface area contributed by atoms with E-state index < -0.39 is 0 Å². The molecule has 6 rings (SSSR count). The Hall–Kier alpha value is -5.10. The fourth-order valence-electron chi connectivity index (χ4n) is 4.81. The topological polar surface area (TPSA) is 97.8 Å². The molecule has 6 heteroatoms. The minimum absolute atomic E-state index is 0.172. The highest BCUT2D eigenvalue weighted by molar-refractivity contribution is 5.82. The van der Waals surface area contributed by atoms with Gasteiger partial charge in [-0.3, -0.25) is 0 Å². The number of phenolic OH excluding ortho intramolecular Hbond substituents is 2. The first kappa shape index (κ1) is 23.3. The molecule has 6 aromatic rings. The van der Waals surface area contributed by atoms with Crippen LogP contribution in [0.15, 0.2) is 97.3 Å². The second kappa shape index (κ2) is 9.41. The first-order valence-electron chi connectivity index (χ1n) is 12.4. The summed E-state index contributed by atoms with van der Waals surface area (Å²) in [5, 5.41) is 22.3. The lowest BCUT2D eigenvalue weighted by molar-refractivity contribution is 0.478. The number of aromatic nitrogens is 4. The van der Waals surface area contributed by atoms with Crippen LogP contribution in [-0.2, 0) is 0 Å². The first-order valence-corrected chi connectivity index (χ1v) is 12.4. The van der Waals surface area contributed by atoms with Crippen molar-refractivity contribution in [3.63, 3.8) is 0 Å². The number of aromatic hydroxyl groups is 2. The molecule has 4 heterocycles. The number of hydrogen-bond donors (Lipinski definition) is 4. The summed E-state index contributed by atoms with van der Waals surface area (Å²) < 4.78 is 0. The number of phenols is 2. The smallest absolute Gasteiger partial charge is 0.134 e. The molecular formula is C32H26N4O2. The average Bonchev–Trinajstić information content (AvgIpc) is 3.66. The molecule has 6 nitrogen and oxygen atoms in total. The van der Waals surface area contributed by atoms with Gasteiger partial charge in [-0.15, -0.1) is 0 Å². The van der Waals surface area contributed by atoms with Crippen molar-refractivity contribution in [3.05, 3.63) is 108 Å². The largest absolute Gasteiger partial charge is 0.507 e. The number of nitrogens with zero attached hydrogens (tertiary/aromatic N) is 2. The molecule has 186 valence electrons. The van der Waals surface area contributed by atoms with E-state index in [0.717, 1.165) is 33.6 Å². The third kappa shape index (κ3) is 4.22. The van der Waals surface area contributed by atoms with Gasteiger partial charge in [-0.2, -0.15) is 0 Å². The molecular weight excluding hydrogens is 472 g/mol. The molecule has 0 amide bonds. The zero-order valence-electron chi connectivity index (χ0n) is 21.0. The van der Waals surface area contributed by atoms with Crippen molar-refractivity contribution >= 4 is 0 Å². The zero-order valence-corrected chi connectivity index (χ0v) is 21.0. The van der Waals surface area contributed by atoms with Gasteiger partial charge in [0.25, 0.3) is 0 Å². The van der Waals surface area contributed by atoms with E-state index in [4.69, 9.17) is 9.97 Å². The van der Waals surface area contributed by atoms with Gasteiger partial charge in [0, 0.05) is 46.0 Å². The van der Waals surface area contributed by atoms with Gasteiger partial charge in [-0.25, -0.2) is 9.97 Å². The molecule has 0 fully saturated rings. The van der Waals surface area contributed by atoms with E-state index in [1.165, 1.54) is 0 Å². The fourth-order valence-corrected chi connectivity index (χ4v) is 4.81. The Morgan fingerprint density at radius 2 is 0.895 bits per heavy atom. The molecule has 0 aliphatic carbocycles. The number of rotatable bonds is 5. The third-order valence-electron chi connectivity index (χ3n) is 6.60. The van der Waals surface area contributed by atoms with Crippen LogP contribution in [-0.4, -0.2) is 30.1 Å². The number of hydrogen-bond acceptors (Lipinski definition) is 4. The Kier molecular flexibility index (Phi) is 5.77. The van der Waals surface area contributed by atoms with Gasteiger partial charge in [0.1, 0.15) is 11.5 Å². The molecule has 4 N–H and O–H groups in total. The monoisotopic (exact) mass is 498 g/mol. The molecule has 0 unspecified atom stereocenters. The van der Waals surface area contributed by atoms with Crippen molar-refractivity contribution in [1.29, 1.82) is 0 Å². The van der Waals surface area contributed by atoms with Crippen LogP contribution < -0.4 is 0 Å². The third-order valence-corrected chi connectivity index (χ3v) is 6.60. The summed E-state index contributed by atoms with van der Waals surface area (Å²) in [7, 11) is 0. The Balaban J connectivity index is 1.42. The summed E-state index contributed by atoms with van der Waals surface area (Å²) in [4.78, 5) is 16.1. The van der Waals surface area contributed by atoms with Gasteiger partial charge < -0.3 is 20.2 Å². The lowest BCUT2D eigenvalue weighted by Crippen LogP contribution is -1.94. The summed E-state index contributed by atoms with van der Waals surface area (Å²) in [6, 6.07) is 26.8. The quantitative estimate of drug-likeness (QED) is 0.198. The molecule has 0 saturated heterocycles. The minimum atomic E-state index is 0.172. The Morgan fingerprint density at radius 3 is 1.29 bits per heavy atom. The van der Waals surface area contributed by atoms with Crippen LogP contribution in [0.5, 0.6) is 11.5 Å². The second-order valence-corrected chi connectivity index (χ2v) is 9.40. The highest BCUT2D eigenvalue weighted by Crippen LogP contribution is 2.40. The fraction of sp³-hybridized carbons (Fsp3) is 0.0625. The van der Waals surface area contributed by atoms with Gasteiger partial charge in [0.15, 0.2) is 0 Å². The van der Waals surface area contributed by atoms with E-state index in [1.807, 2.05) is 111 Å². The van der Waals surface area contributed by atoms with Crippen LogP contribution in [0.4, 0.5) is 0 Å². The van der Waals surface area contributed by atoms with Gasteiger partial charge in [0.05, 0.1) is 22.8 Å². The molecule has 0 aliphatic heterocycles. The van der Waals surface area contributed by atoms with E-state index in [0.29, 0.717) is 33.9 Å². The zero-order chi connectivity index (χ0) is 26.2. The second-order valence-electron chi connectivity index (χ2n) is 9.40. The molecule has 0 bridgehead atoms. The molecule has 2 aromatic carbocycles. The van der Waals surface area contributed by atoms with Crippen LogP contribution >= 0.6 is 0 Å². The summed E-state index contributed by atoms with van der Waals surface area (Å²) in [6.45, 7) is 4.00. The summed E-state index contributed by atoms with van der Waals surface area (Å²) in [6.07, 6.45) is 3.67. The normalized spacial score (nSPS) is 11.1. The van der Waals surface area contributed by atoms with Gasteiger partial charge in [0.2, 0.25) is 0 Å². The van der Waals surface area contributed by atoms with Crippen LogP contribution in [0.2, 0.25) is 0 Å². The Bertz CT molecular complexity index is 1620. The predicted octanol–water partition coefficient (Wildman–Crippen LogP) is 7.50. The summed E-state index contributed by atoms with van der Waals surface area (Å²) in [5.41, 5.74) is 9.11. The van der Waals surface area contributed by atoms with E-state index >= 15 is 0 Å². The van der Waals surface area contributed by atoms with Crippen LogP contribution in [0.1, 0.15) is 11.1 Å². The average molecular weight is 499 g/mol. The predicted molar refractivity (Wildman–Crippen MR) is 151 cm³/mol. The van der Waals surface area contributed by atoms with E-state index in [9.17, 15) is 10.2 Å². The van der Waals surface area contributed by atoms with Gasteiger partial charge >= 0.3 is 0 Å². The van der Waals surface area contributed by atoms with Crippen LogP contribution in [0.25, 0.3) is 56.4 Å². The Morgan fingerprint density at radius 1 is 0.500 bits per heavy atom. The molecule has 0 saturated carbocycles. The van der Waals surface area contributed by atoms with Crippen molar-refractivity contribution in [1.82, 2.24) is 19.9 Å². The first-order chi connectivity index (χ1) is 18.5. The van der Waals surface area contributed by atoms with Gasteiger partial charge in [-0.1, -0.05) is 12.1 Å². The van der Waals surface area contributed by atoms with Crippen molar-refractivity contribution in [2.75, 3.05) is 0 Å². The molecule has 0 atom stereocenters. The lowest BCUT2D eigenvalue weighted by atomic mass is 9.99. The standard InChI is InChI=1S/C32H26N4O2/c1-19-15-21(25-11-5-13-33-25)31(37)23(17-19)27-7-3-9-29(35-27)30-10-4-8-28(36-30)24-18-20(2)16-22(32(24)38)26-12-6-14-34-26/h3-18,33-34,37-38H,1-2H3. The van der Waals surface area contributed by atoms with Crippen molar-refractivity contribution in [2.45, 2.75) is 13.8 Å². The van der Waals surface area contributed by atoms with E-state index in [-0.39, 0.29) is 11.5 Å². The van der Waals surface area contributed by atoms with Crippen molar-refractivity contribution in [3.8, 4) is 67.9 Å². The van der Waals surface area contributed by atoms with Crippen LogP contribution in [0, 0.1) is 13.8 Å². The number of aromatic amines is 2. The molecule has 0 radical (unpaired) electrons. The molecule has 4 aromatic heterocycles. The van der Waals surface area contributed by atoms with Gasteiger partial charge in [-0.05, 0) is 97.8 Å². The van der Waals surface area contributed by atoms with Crippen LogP contribution in [0.3, 0.4) is 0 Å². The minimum Gasteiger partial charge on any atom is -0.507 e. The highest BCUT2D eigenvalue weighted by atomic mass is 16.3. The molecule has 0 aliphatic rings. The number of aryl methyl sites for hydroxylation is 2. The highest BCUT2D eigenvalue weighted by Gasteiger charge is 2.17. The maximum Gasteiger partial charge on any atom is 0.134 e. The number of pyridine rings is 2. The maximum atomic E-state index is 11.1. The van der Waals surface area contributed by atoms with Crippen molar-refractivity contribution in [2.24, 2.45) is 0 Å². The maximum absolute atomic E-state index is 11.1. The number of nitrogens with one attached hydrogen (secondary N) is 2. The SMILES string of the molecule is Cc1cc(-c2cccc(-c3cccc(-c4cc(C)cc(-c5ccc[nH]5)c4O)n3)n2)c(O)c(-c2ccc[nH]2)c1. The van der Waals surface area contributed by atoms with E-state index in [2.05, 4.69) is 9.97 Å². The molecule has 0 spiro atoms. The Labute approximate surface area is 220 Å². The van der Waals surface area contributed by atoms with Crippen molar-refractivity contribution < 1.29 is 10.2 Å². The molecule has 38 heavy (non-hydrogen) atoms. The number of benzene rings is 2. The summed E-state index contributed by atoms with van der Waals surface area (Å²) >= 11 is 0. The van der Waals surface area contributed by atoms with E-state index in [1.54, 1.807) is 0 Å².